The van der Waals surface area contributed by atoms with E-state index < -0.39 is 17.5 Å². The first-order valence-corrected chi connectivity index (χ1v) is 6.78. The van der Waals surface area contributed by atoms with Gasteiger partial charge in [-0.25, -0.2) is 13.2 Å². The molecule has 0 fully saturated rings. The third-order valence-electron chi connectivity index (χ3n) is 3.23. The fourth-order valence-electron chi connectivity index (χ4n) is 2.28. The van der Waals surface area contributed by atoms with Crippen molar-refractivity contribution < 1.29 is 13.2 Å². The summed E-state index contributed by atoms with van der Waals surface area (Å²) in [4.78, 5) is 1.47. The van der Waals surface area contributed by atoms with Crippen molar-refractivity contribution in [2.75, 3.05) is 18.0 Å². The minimum atomic E-state index is -0.648. The van der Waals surface area contributed by atoms with E-state index in [1.54, 1.807) is 6.92 Å². The van der Waals surface area contributed by atoms with E-state index >= 15 is 0 Å². The Labute approximate surface area is 122 Å². The van der Waals surface area contributed by atoms with Crippen LogP contribution >= 0.6 is 0 Å². The van der Waals surface area contributed by atoms with E-state index in [2.05, 4.69) is 0 Å². The number of nitrogens with two attached hydrogens (primary N) is 1. The van der Waals surface area contributed by atoms with E-state index in [-0.39, 0.29) is 5.69 Å². The molecule has 2 N–H and O–H groups in total. The average molecular weight is 294 g/mol. The van der Waals surface area contributed by atoms with Gasteiger partial charge in [0.25, 0.3) is 0 Å². The molecule has 2 rings (SSSR count). The number of halogens is 3. The molecule has 0 unspecified atom stereocenters. The second kappa shape index (κ2) is 6.63. The maximum absolute atomic E-state index is 14.2. The zero-order valence-corrected chi connectivity index (χ0v) is 11.7. The van der Waals surface area contributed by atoms with Crippen molar-refractivity contribution in [3.05, 3.63) is 59.4 Å². The van der Waals surface area contributed by atoms with Gasteiger partial charge in [-0.15, -0.1) is 0 Å². The molecule has 5 heteroatoms. The molecule has 112 valence electrons. The SMILES string of the molecule is CCN(c1ccc(F)cc1)c1c(F)cc(CCN)cc1F. The van der Waals surface area contributed by atoms with Crippen LogP contribution in [0.3, 0.4) is 0 Å². The summed E-state index contributed by atoms with van der Waals surface area (Å²) in [6.07, 6.45) is 0.413. The van der Waals surface area contributed by atoms with Gasteiger partial charge < -0.3 is 10.6 Å². The van der Waals surface area contributed by atoms with E-state index in [1.165, 1.54) is 41.3 Å². The van der Waals surface area contributed by atoms with Crippen molar-refractivity contribution in [2.45, 2.75) is 13.3 Å². The molecule has 0 aliphatic carbocycles. The lowest BCUT2D eigenvalue weighted by atomic mass is 10.1. The van der Waals surface area contributed by atoms with Gasteiger partial charge in [0.1, 0.15) is 23.1 Å². The number of hydrogen-bond donors (Lipinski definition) is 1. The van der Waals surface area contributed by atoms with Crippen molar-refractivity contribution in [1.82, 2.24) is 0 Å². The van der Waals surface area contributed by atoms with Crippen LogP contribution in [-0.4, -0.2) is 13.1 Å². The molecular formula is C16H17F3N2. The maximum atomic E-state index is 14.2. The number of nitrogens with zero attached hydrogens (tertiary/aromatic N) is 1. The summed E-state index contributed by atoms with van der Waals surface area (Å²) >= 11 is 0. The number of anilines is 2. The third kappa shape index (κ3) is 3.36. The lowest BCUT2D eigenvalue weighted by Crippen LogP contribution is -2.19. The van der Waals surface area contributed by atoms with Crippen LogP contribution in [0.1, 0.15) is 12.5 Å². The smallest absolute Gasteiger partial charge is 0.150 e. The van der Waals surface area contributed by atoms with Crippen molar-refractivity contribution >= 4 is 11.4 Å². The van der Waals surface area contributed by atoms with E-state index in [1.807, 2.05) is 0 Å². The molecule has 0 aliphatic heterocycles. The highest BCUT2D eigenvalue weighted by molar-refractivity contribution is 5.64. The van der Waals surface area contributed by atoms with Crippen molar-refractivity contribution in [1.29, 1.82) is 0 Å². The highest BCUT2D eigenvalue weighted by Crippen LogP contribution is 2.31. The molecule has 0 atom stereocenters. The molecular weight excluding hydrogens is 277 g/mol. The van der Waals surface area contributed by atoms with E-state index in [4.69, 9.17) is 5.73 Å². The topological polar surface area (TPSA) is 29.3 Å². The van der Waals surface area contributed by atoms with Crippen molar-refractivity contribution in [3.63, 3.8) is 0 Å². The van der Waals surface area contributed by atoms with Gasteiger partial charge in [-0.05, 0) is 61.9 Å². The summed E-state index contributed by atoms with van der Waals surface area (Å²) in [5, 5.41) is 0. The Morgan fingerprint density at radius 1 is 1.00 bits per heavy atom. The minimum absolute atomic E-state index is 0.134. The van der Waals surface area contributed by atoms with Gasteiger partial charge in [0.05, 0.1) is 0 Å². The van der Waals surface area contributed by atoms with Crippen LogP contribution in [0.2, 0.25) is 0 Å². The van der Waals surface area contributed by atoms with Gasteiger partial charge >= 0.3 is 0 Å². The second-order valence-electron chi connectivity index (χ2n) is 4.67. The molecule has 2 aromatic carbocycles. The minimum Gasteiger partial charge on any atom is -0.337 e. The summed E-state index contributed by atoms with van der Waals surface area (Å²) in [5.41, 5.74) is 6.32. The van der Waals surface area contributed by atoms with Gasteiger partial charge in [-0.2, -0.15) is 0 Å². The molecule has 2 aromatic rings. The van der Waals surface area contributed by atoms with Crippen LogP contribution in [0.4, 0.5) is 24.5 Å². The van der Waals surface area contributed by atoms with Crippen LogP contribution in [-0.2, 0) is 6.42 Å². The fraction of sp³-hybridized carbons (Fsp3) is 0.250. The molecule has 0 saturated heterocycles. The number of benzene rings is 2. The number of rotatable bonds is 5. The van der Waals surface area contributed by atoms with E-state index in [9.17, 15) is 13.2 Å². The fourth-order valence-corrected chi connectivity index (χ4v) is 2.28. The third-order valence-corrected chi connectivity index (χ3v) is 3.23. The van der Waals surface area contributed by atoms with E-state index in [0.29, 0.717) is 30.8 Å². The standard InChI is InChI=1S/C16H17F3N2/c1-2-21(13-5-3-12(17)4-6-13)16-14(18)9-11(7-8-20)10-15(16)19/h3-6,9-10H,2,7-8,20H2,1H3. The lowest BCUT2D eigenvalue weighted by molar-refractivity contribution is 0.577. The molecule has 0 bridgehead atoms. The summed E-state index contributed by atoms with van der Waals surface area (Å²) in [6.45, 7) is 2.46. The molecule has 0 aromatic heterocycles. The maximum Gasteiger partial charge on any atom is 0.150 e. The predicted octanol–water partition coefficient (Wildman–Crippen LogP) is 3.76. The molecule has 0 heterocycles. The molecule has 0 aliphatic rings. The van der Waals surface area contributed by atoms with Gasteiger partial charge in [0.2, 0.25) is 0 Å². The quantitative estimate of drug-likeness (QED) is 0.909. The molecule has 0 saturated carbocycles. The Kier molecular flexibility index (Phi) is 4.85. The Hall–Kier alpha value is -2.01. The zero-order chi connectivity index (χ0) is 15.4. The van der Waals surface area contributed by atoms with Crippen molar-refractivity contribution in [2.24, 2.45) is 5.73 Å². The first-order chi connectivity index (χ1) is 10.1. The molecule has 0 radical (unpaired) electrons. The predicted molar refractivity (Wildman–Crippen MR) is 78.2 cm³/mol. The Balaban J connectivity index is 2.45. The first kappa shape index (κ1) is 15.4. The monoisotopic (exact) mass is 294 g/mol. The van der Waals surface area contributed by atoms with Crippen LogP contribution in [0.25, 0.3) is 0 Å². The Morgan fingerprint density at radius 3 is 2.05 bits per heavy atom. The van der Waals surface area contributed by atoms with Crippen LogP contribution in [0, 0.1) is 17.5 Å². The van der Waals surface area contributed by atoms with Gasteiger partial charge in [-0.3, -0.25) is 0 Å². The zero-order valence-electron chi connectivity index (χ0n) is 11.7. The molecule has 21 heavy (non-hydrogen) atoms. The van der Waals surface area contributed by atoms with Gasteiger partial charge in [0.15, 0.2) is 0 Å². The highest BCUT2D eigenvalue weighted by atomic mass is 19.1. The van der Waals surface area contributed by atoms with Gasteiger partial charge in [-0.1, -0.05) is 0 Å². The molecule has 0 amide bonds. The van der Waals surface area contributed by atoms with Crippen LogP contribution in [0.5, 0.6) is 0 Å². The summed E-state index contributed by atoms with van der Waals surface area (Å²) < 4.78 is 41.5. The summed E-state index contributed by atoms with van der Waals surface area (Å²) in [6, 6.07) is 8.08. The largest absolute Gasteiger partial charge is 0.337 e. The normalized spacial score (nSPS) is 10.7. The lowest BCUT2D eigenvalue weighted by Gasteiger charge is -2.24. The number of hydrogen-bond acceptors (Lipinski definition) is 2. The molecule has 0 spiro atoms. The first-order valence-electron chi connectivity index (χ1n) is 6.78. The van der Waals surface area contributed by atoms with Crippen molar-refractivity contribution in [3.8, 4) is 0 Å². The Bertz CT molecular complexity index is 588. The second-order valence-corrected chi connectivity index (χ2v) is 4.67. The van der Waals surface area contributed by atoms with Crippen LogP contribution < -0.4 is 10.6 Å². The van der Waals surface area contributed by atoms with Crippen LogP contribution in [0.15, 0.2) is 36.4 Å². The van der Waals surface area contributed by atoms with Gasteiger partial charge in [0, 0.05) is 12.2 Å². The summed E-state index contributed by atoms with van der Waals surface area (Å²) in [5.74, 6) is -1.69. The Morgan fingerprint density at radius 2 is 1.57 bits per heavy atom. The average Bonchev–Trinajstić information content (AvgIpc) is 2.44. The van der Waals surface area contributed by atoms with E-state index in [0.717, 1.165) is 0 Å². The molecule has 2 nitrogen and oxygen atoms in total. The summed E-state index contributed by atoms with van der Waals surface area (Å²) in [7, 11) is 0. The highest BCUT2D eigenvalue weighted by Gasteiger charge is 2.18.